The van der Waals surface area contributed by atoms with Gasteiger partial charge in [-0.25, -0.2) is 14.2 Å². The van der Waals surface area contributed by atoms with E-state index in [1.807, 2.05) is 4.90 Å². The molecule has 0 radical (unpaired) electrons. The lowest BCUT2D eigenvalue weighted by molar-refractivity contribution is 0.0695. The smallest absolute Gasteiger partial charge is 0.341 e. The fraction of sp³-hybridized carbons (Fsp3) is 0.500. The molecule has 3 aliphatic rings. The van der Waals surface area contributed by atoms with Crippen LogP contribution in [0.25, 0.3) is 11.0 Å². The second-order valence-corrected chi connectivity index (χ2v) is 7.61. The minimum absolute atomic E-state index is 0.0299. The molecule has 0 bridgehead atoms. The van der Waals surface area contributed by atoms with E-state index in [-0.39, 0.29) is 22.8 Å². The van der Waals surface area contributed by atoms with Gasteiger partial charge >= 0.3 is 5.97 Å². The minimum Gasteiger partial charge on any atom is -0.477 e. The molecule has 8 heteroatoms. The Morgan fingerprint density at radius 1 is 1.35 bits per heavy atom. The molecule has 0 unspecified atom stereocenters. The molecule has 2 aliphatic carbocycles. The molecule has 2 aromatic rings. The highest BCUT2D eigenvalue weighted by atomic mass is 19.1. The number of carboxylic acids is 1. The Balaban J connectivity index is 1.63. The van der Waals surface area contributed by atoms with Crippen LogP contribution >= 0.6 is 0 Å². The Kier molecular flexibility index (Phi) is 3.19. The van der Waals surface area contributed by atoms with Crippen LogP contribution in [0, 0.1) is 23.6 Å². The van der Waals surface area contributed by atoms with E-state index in [1.54, 1.807) is 4.57 Å². The van der Waals surface area contributed by atoms with E-state index in [2.05, 4.69) is 4.98 Å². The summed E-state index contributed by atoms with van der Waals surface area (Å²) in [4.78, 5) is 30.2. The molecular weight excluding hydrogens is 339 g/mol. The topological polar surface area (TPSA) is 101 Å². The quantitative estimate of drug-likeness (QED) is 0.852. The van der Waals surface area contributed by atoms with Crippen LogP contribution in [0.4, 0.5) is 10.2 Å². The summed E-state index contributed by atoms with van der Waals surface area (Å²) < 4.78 is 16.5. The number of aromatic nitrogens is 2. The highest BCUT2D eigenvalue weighted by Crippen LogP contribution is 2.52. The maximum absolute atomic E-state index is 14.7. The molecule has 2 saturated carbocycles. The number of nitrogens with zero attached hydrogens (tertiary/aromatic N) is 3. The van der Waals surface area contributed by atoms with Crippen LogP contribution in [0.1, 0.15) is 29.2 Å². The SMILES string of the molecule is NC[C@@H]1[C@H]2CN(c3nc4c(cc3F)c(=O)c(C(=O)O)cn4C3CC3)C[C@@H]12. The van der Waals surface area contributed by atoms with E-state index in [0.717, 1.165) is 32.0 Å². The van der Waals surface area contributed by atoms with Crippen LogP contribution in [0.2, 0.25) is 0 Å². The largest absolute Gasteiger partial charge is 0.477 e. The number of halogens is 1. The predicted octanol–water partition coefficient (Wildman–Crippen LogP) is 1.21. The van der Waals surface area contributed by atoms with Gasteiger partial charge in [0, 0.05) is 25.3 Å². The number of pyridine rings is 2. The zero-order valence-electron chi connectivity index (χ0n) is 14.1. The van der Waals surface area contributed by atoms with Gasteiger partial charge in [-0.3, -0.25) is 4.79 Å². The van der Waals surface area contributed by atoms with Crippen molar-refractivity contribution in [2.45, 2.75) is 18.9 Å². The fourth-order valence-corrected chi connectivity index (χ4v) is 4.41. The van der Waals surface area contributed by atoms with Crippen LogP contribution in [-0.4, -0.2) is 40.3 Å². The maximum atomic E-state index is 14.7. The van der Waals surface area contributed by atoms with Crippen molar-refractivity contribution in [2.75, 3.05) is 24.5 Å². The molecule has 136 valence electrons. The standard InChI is InChI=1S/C18H19FN4O3/c19-14-3-9-15(24)13(18(25)26)7-23(8-1-2-8)16(9)21-17(14)22-5-11-10(4-20)12(11)6-22/h3,7-8,10-12H,1-2,4-6,20H2,(H,25,26)/t10-,11-,12+. The van der Waals surface area contributed by atoms with Gasteiger partial charge in [0.15, 0.2) is 11.6 Å². The van der Waals surface area contributed by atoms with Crippen molar-refractivity contribution >= 4 is 22.8 Å². The van der Waals surface area contributed by atoms with Crippen molar-refractivity contribution in [3.63, 3.8) is 0 Å². The molecule has 0 aromatic carbocycles. The lowest BCUT2D eigenvalue weighted by atomic mass is 10.1. The molecular formula is C18H19FN4O3. The first-order valence-corrected chi connectivity index (χ1v) is 8.93. The van der Waals surface area contributed by atoms with Gasteiger partial charge in [-0.05, 0) is 43.2 Å². The van der Waals surface area contributed by atoms with Crippen molar-refractivity contribution in [3.05, 3.63) is 33.9 Å². The number of aromatic carboxylic acids is 1. The first-order chi connectivity index (χ1) is 12.5. The summed E-state index contributed by atoms with van der Waals surface area (Å²) in [5, 5.41) is 9.31. The number of anilines is 1. The molecule has 2 aromatic heterocycles. The number of carbonyl (C=O) groups is 1. The van der Waals surface area contributed by atoms with E-state index in [1.165, 1.54) is 6.20 Å². The van der Waals surface area contributed by atoms with Gasteiger partial charge in [0.2, 0.25) is 5.43 Å². The number of fused-ring (bicyclic) bond motifs is 2. The van der Waals surface area contributed by atoms with Crippen molar-refractivity contribution in [3.8, 4) is 0 Å². The minimum atomic E-state index is -1.30. The lowest BCUT2D eigenvalue weighted by Crippen LogP contribution is -2.28. The Hall–Kier alpha value is -2.48. The van der Waals surface area contributed by atoms with Crippen LogP contribution in [0.15, 0.2) is 17.1 Å². The summed E-state index contributed by atoms with van der Waals surface area (Å²) in [7, 11) is 0. The number of hydrogen-bond donors (Lipinski definition) is 2. The summed E-state index contributed by atoms with van der Waals surface area (Å²) in [5.74, 6) is -0.114. The van der Waals surface area contributed by atoms with Crippen LogP contribution in [0.5, 0.6) is 0 Å². The Labute approximate surface area is 148 Å². The molecule has 0 spiro atoms. The van der Waals surface area contributed by atoms with E-state index in [0.29, 0.717) is 29.9 Å². The second-order valence-electron chi connectivity index (χ2n) is 7.61. The normalized spacial score (nSPS) is 27.0. The van der Waals surface area contributed by atoms with Crippen LogP contribution in [0.3, 0.4) is 0 Å². The Morgan fingerprint density at radius 3 is 2.62 bits per heavy atom. The summed E-state index contributed by atoms with van der Waals surface area (Å²) in [6.45, 7) is 2.11. The molecule has 0 amide bonds. The van der Waals surface area contributed by atoms with E-state index in [9.17, 15) is 19.1 Å². The fourth-order valence-electron chi connectivity index (χ4n) is 4.41. The molecule has 3 atom stereocenters. The van der Waals surface area contributed by atoms with Crippen molar-refractivity contribution in [1.29, 1.82) is 0 Å². The average Bonchev–Trinajstić information content (AvgIpc) is 3.52. The van der Waals surface area contributed by atoms with Crippen molar-refractivity contribution in [2.24, 2.45) is 23.5 Å². The van der Waals surface area contributed by atoms with Gasteiger partial charge in [-0.1, -0.05) is 0 Å². The lowest BCUT2D eigenvalue weighted by Gasteiger charge is -2.22. The monoisotopic (exact) mass is 358 g/mol. The number of piperidine rings is 1. The Bertz CT molecular complexity index is 988. The number of nitrogens with two attached hydrogens (primary N) is 1. The average molecular weight is 358 g/mol. The molecule has 3 heterocycles. The third-order valence-electron chi connectivity index (χ3n) is 6.05. The van der Waals surface area contributed by atoms with E-state index >= 15 is 0 Å². The Morgan fingerprint density at radius 2 is 2.04 bits per heavy atom. The zero-order chi connectivity index (χ0) is 18.2. The zero-order valence-corrected chi connectivity index (χ0v) is 14.1. The van der Waals surface area contributed by atoms with Gasteiger partial charge in [0.25, 0.3) is 0 Å². The molecule has 26 heavy (non-hydrogen) atoms. The van der Waals surface area contributed by atoms with Crippen LogP contribution < -0.4 is 16.1 Å². The van der Waals surface area contributed by atoms with E-state index in [4.69, 9.17) is 5.73 Å². The molecule has 1 saturated heterocycles. The van der Waals surface area contributed by atoms with Gasteiger partial charge in [0.05, 0.1) is 5.39 Å². The molecule has 5 rings (SSSR count). The summed E-state index contributed by atoms with van der Waals surface area (Å²) in [6.07, 6.45) is 3.15. The first-order valence-electron chi connectivity index (χ1n) is 8.93. The summed E-state index contributed by atoms with van der Waals surface area (Å²) in [5.41, 5.74) is 5.08. The van der Waals surface area contributed by atoms with Crippen LogP contribution in [-0.2, 0) is 0 Å². The van der Waals surface area contributed by atoms with Gasteiger partial charge in [-0.2, -0.15) is 0 Å². The van der Waals surface area contributed by atoms with Gasteiger partial charge in [0.1, 0.15) is 11.2 Å². The number of rotatable bonds is 4. The molecule has 1 aliphatic heterocycles. The third-order valence-corrected chi connectivity index (χ3v) is 6.05. The first kappa shape index (κ1) is 15.7. The highest BCUT2D eigenvalue weighted by Gasteiger charge is 2.55. The van der Waals surface area contributed by atoms with Crippen molar-refractivity contribution < 1.29 is 14.3 Å². The highest BCUT2D eigenvalue weighted by molar-refractivity contribution is 5.92. The summed E-state index contributed by atoms with van der Waals surface area (Å²) in [6, 6.07) is 1.27. The van der Waals surface area contributed by atoms with Gasteiger partial charge in [-0.15, -0.1) is 0 Å². The van der Waals surface area contributed by atoms with Crippen molar-refractivity contribution in [1.82, 2.24) is 9.55 Å². The molecule has 3 N–H and O–H groups in total. The number of carboxylic acid groups (broad SMARTS) is 1. The van der Waals surface area contributed by atoms with E-state index < -0.39 is 17.2 Å². The molecule has 7 nitrogen and oxygen atoms in total. The molecule has 3 fully saturated rings. The summed E-state index contributed by atoms with van der Waals surface area (Å²) >= 11 is 0. The second kappa shape index (κ2) is 5.26. The third kappa shape index (κ3) is 2.18. The van der Waals surface area contributed by atoms with Gasteiger partial charge < -0.3 is 20.3 Å². The predicted molar refractivity (Wildman–Crippen MR) is 92.9 cm³/mol. The maximum Gasteiger partial charge on any atom is 0.341 e. The number of hydrogen-bond acceptors (Lipinski definition) is 5.